The smallest absolute Gasteiger partial charge is 0.233 e. The van der Waals surface area contributed by atoms with E-state index in [1.165, 1.54) is 11.8 Å². The second kappa shape index (κ2) is 7.27. The number of carbonyl (C=O) groups excluding carboxylic acids is 1. The summed E-state index contributed by atoms with van der Waals surface area (Å²) in [6.07, 6.45) is 3.63. The zero-order valence-corrected chi connectivity index (χ0v) is 14.6. The Kier molecular flexibility index (Phi) is 5.13. The Morgan fingerprint density at radius 1 is 1.30 bits per heavy atom. The van der Waals surface area contributed by atoms with Gasteiger partial charge in [0, 0.05) is 56.3 Å². The normalized spacial score (nSPS) is 15.0. The Morgan fingerprint density at radius 3 is 2.74 bits per heavy atom. The summed E-state index contributed by atoms with van der Waals surface area (Å²) < 4.78 is 1.93. The summed E-state index contributed by atoms with van der Waals surface area (Å²) in [5.41, 5.74) is 1.12. The van der Waals surface area contributed by atoms with Gasteiger partial charge in [0.25, 0.3) is 0 Å². The van der Waals surface area contributed by atoms with E-state index in [1.807, 2.05) is 40.9 Å². The maximum atomic E-state index is 12.3. The summed E-state index contributed by atoms with van der Waals surface area (Å²) in [6, 6.07) is 7.86. The van der Waals surface area contributed by atoms with Crippen molar-refractivity contribution in [3.05, 3.63) is 41.7 Å². The van der Waals surface area contributed by atoms with Crippen molar-refractivity contribution in [2.75, 3.05) is 36.8 Å². The summed E-state index contributed by atoms with van der Waals surface area (Å²) in [5.74, 6) is 0.603. The molecule has 1 amide bonds. The molecule has 0 radical (unpaired) electrons. The number of aryl methyl sites for hydroxylation is 1. The number of hydrogen-bond donors (Lipinski definition) is 0. The quantitative estimate of drug-likeness (QED) is 0.794. The predicted molar refractivity (Wildman–Crippen MR) is 94.2 cm³/mol. The second-order valence-electron chi connectivity index (χ2n) is 5.46. The van der Waals surface area contributed by atoms with Crippen molar-refractivity contribution in [3.63, 3.8) is 0 Å². The molecular weight excluding hydrogens is 332 g/mol. The molecule has 0 aliphatic carbocycles. The molecule has 1 aliphatic rings. The van der Waals surface area contributed by atoms with Gasteiger partial charge in [-0.2, -0.15) is 0 Å². The fourth-order valence-corrected chi connectivity index (χ4v) is 3.62. The van der Waals surface area contributed by atoms with Gasteiger partial charge in [0.15, 0.2) is 5.16 Å². The van der Waals surface area contributed by atoms with Crippen LogP contribution in [0.25, 0.3) is 0 Å². The van der Waals surface area contributed by atoms with Crippen LogP contribution in [0.3, 0.4) is 0 Å². The number of halogens is 1. The molecule has 0 spiro atoms. The van der Waals surface area contributed by atoms with Crippen molar-refractivity contribution in [1.29, 1.82) is 0 Å². The van der Waals surface area contributed by atoms with Gasteiger partial charge in [-0.3, -0.25) is 4.79 Å². The van der Waals surface area contributed by atoms with Crippen LogP contribution in [0.1, 0.15) is 0 Å². The topological polar surface area (TPSA) is 41.4 Å². The van der Waals surface area contributed by atoms with Crippen LogP contribution in [0, 0.1) is 0 Å². The highest BCUT2D eigenvalue weighted by atomic mass is 35.5. The first-order chi connectivity index (χ1) is 11.1. The second-order valence-corrected chi connectivity index (χ2v) is 6.84. The molecular formula is C16H19ClN4OS. The van der Waals surface area contributed by atoms with Gasteiger partial charge in [0.05, 0.1) is 5.75 Å². The van der Waals surface area contributed by atoms with Crippen LogP contribution in [-0.4, -0.2) is 52.3 Å². The standard InChI is InChI=1S/C16H19ClN4OS/c1-19-6-5-18-16(19)23-12-15(22)21-9-7-20(8-10-21)14-4-2-3-13(17)11-14/h2-6,11H,7-10,12H2,1H3. The molecule has 122 valence electrons. The van der Waals surface area contributed by atoms with Gasteiger partial charge < -0.3 is 14.4 Å². The van der Waals surface area contributed by atoms with Crippen molar-refractivity contribution in [2.45, 2.75) is 5.16 Å². The number of carbonyl (C=O) groups is 1. The zero-order valence-electron chi connectivity index (χ0n) is 13.0. The summed E-state index contributed by atoms with van der Waals surface area (Å²) >= 11 is 7.53. The van der Waals surface area contributed by atoms with Crippen LogP contribution in [0.4, 0.5) is 5.69 Å². The molecule has 0 N–H and O–H groups in total. The van der Waals surface area contributed by atoms with E-state index in [-0.39, 0.29) is 5.91 Å². The molecule has 0 saturated carbocycles. The van der Waals surface area contributed by atoms with E-state index in [9.17, 15) is 4.79 Å². The fraction of sp³-hybridized carbons (Fsp3) is 0.375. The third kappa shape index (κ3) is 4.00. The Hall–Kier alpha value is -1.66. The number of nitrogens with zero attached hydrogens (tertiary/aromatic N) is 4. The predicted octanol–water partition coefficient (Wildman–Crippen LogP) is 2.51. The van der Waals surface area contributed by atoms with Gasteiger partial charge in [-0.1, -0.05) is 29.4 Å². The van der Waals surface area contributed by atoms with E-state index < -0.39 is 0 Å². The lowest BCUT2D eigenvalue weighted by Gasteiger charge is -2.36. The Bertz CT molecular complexity index is 682. The molecule has 3 rings (SSSR count). The van der Waals surface area contributed by atoms with Crippen LogP contribution >= 0.6 is 23.4 Å². The van der Waals surface area contributed by atoms with Gasteiger partial charge in [-0.25, -0.2) is 4.98 Å². The molecule has 1 aromatic heterocycles. The van der Waals surface area contributed by atoms with Crippen LogP contribution in [-0.2, 0) is 11.8 Å². The molecule has 1 fully saturated rings. The number of benzene rings is 1. The molecule has 1 aromatic carbocycles. The molecule has 0 atom stereocenters. The fourth-order valence-electron chi connectivity index (χ4n) is 2.60. The number of anilines is 1. The maximum absolute atomic E-state index is 12.3. The number of hydrogen-bond acceptors (Lipinski definition) is 4. The summed E-state index contributed by atoms with van der Waals surface area (Å²) in [7, 11) is 1.93. The van der Waals surface area contributed by atoms with Crippen molar-refractivity contribution in [3.8, 4) is 0 Å². The number of aromatic nitrogens is 2. The molecule has 7 heteroatoms. The minimum atomic E-state index is 0.170. The van der Waals surface area contributed by atoms with Crippen molar-refractivity contribution < 1.29 is 4.79 Å². The Balaban J connectivity index is 1.50. The molecule has 1 saturated heterocycles. The zero-order chi connectivity index (χ0) is 16.2. The van der Waals surface area contributed by atoms with E-state index in [0.717, 1.165) is 42.0 Å². The first-order valence-electron chi connectivity index (χ1n) is 7.52. The number of thioether (sulfide) groups is 1. The van der Waals surface area contributed by atoms with Gasteiger partial charge in [-0.05, 0) is 18.2 Å². The van der Waals surface area contributed by atoms with Crippen molar-refractivity contribution >= 4 is 35.0 Å². The molecule has 1 aliphatic heterocycles. The van der Waals surface area contributed by atoms with Crippen molar-refractivity contribution in [1.82, 2.24) is 14.5 Å². The SMILES string of the molecule is Cn1ccnc1SCC(=O)N1CCN(c2cccc(Cl)c2)CC1. The average molecular weight is 351 g/mol. The maximum Gasteiger partial charge on any atom is 0.233 e. The first kappa shape index (κ1) is 16.2. The highest BCUT2D eigenvalue weighted by molar-refractivity contribution is 7.99. The van der Waals surface area contributed by atoms with Gasteiger partial charge in [0.2, 0.25) is 5.91 Å². The van der Waals surface area contributed by atoms with Crippen LogP contribution < -0.4 is 4.90 Å². The average Bonchev–Trinajstić information content (AvgIpc) is 2.98. The van der Waals surface area contributed by atoms with E-state index in [4.69, 9.17) is 11.6 Å². The van der Waals surface area contributed by atoms with Crippen molar-refractivity contribution in [2.24, 2.45) is 7.05 Å². The minimum Gasteiger partial charge on any atom is -0.368 e. The van der Waals surface area contributed by atoms with Crippen LogP contribution in [0.15, 0.2) is 41.8 Å². The molecule has 2 heterocycles. The summed E-state index contributed by atoms with van der Waals surface area (Å²) in [5, 5.41) is 1.61. The first-order valence-corrected chi connectivity index (χ1v) is 8.88. The summed E-state index contributed by atoms with van der Waals surface area (Å²) in [4.78, 5) is 20.8. The number of piperazine rings is 1. The third-order valence-electron chi connectivity index (χ3n) is 3.91. The lowest BCUT2D eigenvalue weighted by molar-refractivity contribution is -0.128. The van der Waals surface area contributed by atoms with E-state index in [0.29, 0.717) is 5.75 Å². The Morgan fingerprint density at radius 2 is 2.09 bits per heavy atom. The number of amides is 1. The highest BCUT2D eigenvalue weighted by Gasteiger charge is 2.21. The van der Waals surface area contributed by atoms with E-state index in [1.54, 1.807) is 6.20 Å². The highest BCUT2D eigenvalue weighted by Crippen LogP contribution is 2.21. The van der Waals surface area contributed by atoms with Crippen LogP contribution in [0.2, 0.25) is 5.02 Å². The van der Waals surface area contributed by atoms with Gasteiger partial charge in [-0.15, -0.1) is 0 Å². The number of imidazole rings is 1. The lowest BCUT2D eigenvalue weighted by atomic mass is 10.2. The van der Waals surface area contributed by atoms with Gasteiger partial charge in [0.1, 0.15) is 0 Å². The molecule has 5 nitrogen and oxygen atoms in total. The van der Waals surface area contributed by atoms with E-state index >= 15 is 0 Å². The minimum absolute atomic E-state index is 0.170. The van der Waals surface area contributed by atoms with E-state index in [2.05, 4.69) is 16.0 Å². The largest absolute Gasteiger partial charge is 0.368 e. The van der Waals surface area contributed by atoms with Crippen LogP contribution in [0.5, 0.6) is 0 Å². The summed E-state index contributed by atoms with van der Waals surface area (Å²) in [6.45, 7) is 3.15. The monoisotopic (exact) mass is 350 g/mol. The Labute approximate surface area is 145 Å². The molecule has 2 aromatic rings. The number of rotatable bonds is 4. The third-order valence-corrected chi connectivity index (χ3v) is 5.19. The van der Waals surface area contributed by atoms with Gasteiger partial charge >= 0.3 is 0 Å². The molecule has 0 bridgehead atoms. The molecule has 23 heavy (non-hydrogen) atoms. The molecule has 0 unspecified atom stereocenters. The lowest BCUT2D eigenvalue weighted by Crippen LogP contribution is -2.49.